The van der Waals surface area contributed by atoms with Crippen LogP contribution in [0.25, 0.3) is 0 Å². The molecule has 2 rings (SSSR count). The summed E-state index contributed by atoms with van der Waals surface area (Å²) in [6.45, 7) is 3.66. The summed E-state index contributed by atoms with van der Waals surface area (Å²) in [5, 5.41) is 3.27. The Balaban J connectivity index is 0.00000392. The summed E-state index contributed by atoms with van der Waals surface area (Å²) in [4.78, 5) is 24.4. The molecule has 0 amide bonds. The standard InChI is InChI=1S/C21H25NO4S.ClH/c1-14(11-16-5-8-18(25-3)9-6-16)22-13-19(24)17-7-10-20(26-15(2)23)21(12-17)27-4;/h5-10,12,14,22H,11,13H2,1-4H3;1H. The quantitative estimate of drug-likeness (QED) is 0.282. The maximum absolute atomic E-state index is 12.5. The van der Waals surface area contributed by atoms with Crippen LogP contribution in [0.15, 0.2) is 47.4 Å². The highest BCUT2D eigenvalue weighted by Crippen LogP contribution is 2.29. The topological polar surface area (TPSA) is 64.6 Å². The Morgan fingerprint density at radius 3 is 2.39 bits per heavy atom. The van der Waals surface area contributed by atoms with Gasteiger partial charge in [0.25, 0.3) is 0 Å². The molecular formula is C21H26ClNO4S. The largest absolute Gasteiger partial charge is 0.497 e. The van der Waals surface area contributed by atoms with E-state index in [1.165, 1.54) is 24.2 Å². The number of nitrogens with one attached hydrogen (secondary N) is 1. The van der Waals surface area contributed by atoms with Gasteiger partial charge in [0.15, 0.2) is 5.78 Å². The Morgan fingerprint density at radius 2 is 1.82 bits per heavy atom. The fourth-order valence-corrected chi connectivity index (χ4v) is 3.19. The molecule has 0 saturated heterocycles. The lowest BCUT2D eigenvalue weighted by molar-refractivity contribution is -0.132. The molecule has 0 radical (unpaired) electrons. The second kappa shape index (κ2) is 11.7. The van der Waals surface area contributed by atoms with Gasteiger partial charge in [0, 0.05) is 18.5 Å². The van der Waals surface area contributed by atoms with Gasteiger partial charge in [-0.2, -0.15) is 0 Å². The van der Waals surface area contributed by atoms with Gasteiger partial charge in [-0.25, -0.2) is 0 Å². The molecular weight excluding hydrogens is 398 g/mol. The second-order valence-electron chi connectivity index (χ2n) is 6.22. The average molecular weight is 424 g/mol. The van der Waals surface area contributed by atoms with Crippen LogP contribution in [0, 0.1) is 0 Å². The van der Waals surface area contributed by atoms with Gasteiger partial charge in [-0.3, -0.25) is 9.59 Å². The van der Waals surface area contributed by atoms with Crippen LogP contribution in [0.2, 0.25) is 0 Å². The highest BCUT2D eigenvalue weighted by molar-refractivity contribution is 7.98. The lowest BCUT2D eigenvalue weighted by Gasteiger charge is -2.14. The lowest BCUT2D eigenvalue weighted by Crippen LogP contribution is -2.33. The zero-order valence-electron chi connectivity index (χ0n) is 16.5. The number of Topliss-reactive ketones (excluding diaryl/α,β-unsaturated/α-hetero) is 1. The third-order valence-corrected chi connectivity index (χ3v) is 4.81. The fourth-order valence-electron chi connectivity index (χ4n) is 2.64. The smallest absolute Gasteiger partial charge is 0.308 e. The Hall–Kier alpha value is -2.02. The molecule has 0 heterocycles. The summed E-state index contributed by atoms with van der Waals surface area (Å²) in [5.74, 6) is 0.934. The van der Waals surface area contributed by atoms with Gasteiger partial charge in [-0.15, -0.1) is 24.2 Å². The molecule has 2 aromatic carbocycles. The Morgan fingerprint density at radius 1 is 1.14 bits per heavy atom. The fraction of sp³-hybridized carbons (Fsp3) is 0.333. The molecule has 28 heavy (non-hydrogen) atoms. The number of hydrogen-bond acceptors (Lipinski definition) is 6. The van der Waals surface area contributed by atoms with Crippen LogP contribution in [-0.2, 0) is 11.2 Å². The number of thioether (sulfide) groups is 1. The molecule has 1 N–H and O–H groups in total. The number of methoxy groups -OCH3 is 1. The van der Waals surface area contributed by atoms with Crippen molar-refractivity contribution >= 4 is 35.9 Å². The van der Waals surface area contributed by atoms with E-state index in [9.17, 15) is 9.59 Å². The van der Waals surface area contributed by atoms with Crippen LogP contribution < -0.4 is 14.8 Å². The van der Waals surface area contributed by atoms with Crippen molar-refractivity contribution in [1.82, 2.24) is 5.32 Å². The highest BCUT2D eigenvalue weighted by Gasteiger charge is 2.13. The summed E-state index contributed by atoms with van der Waals surface area (Å²) in [6, 6.07) is 13.2. The average Bonchev–Trinajstić information content (AvgIpc) is 2.66. The van der Waals surface area contributed by atoms with E-state index in [4.69, 9.17) is 9.47 Å². The normalized spacial score (nSPS) is 11.3. The predicted molar refractivity (Wildman–Crippen MR) is 115 cm³/mol. The number of ether oxygens (including phenoxy) is 2. The number of rotatable bonds is 9. The molecule has 0 bridgehead atoms. The summed E-state index contributed by atoms with van der Waals surface area (Å²) in [6.07, 6.45) is 2.70. The molecule has 2 aromatic rings. The number of esters is 1. The van der Waals surface area contributed by atoms with E-state index in [-0.39, 0.29) is 36.7 Å². The van der Waals surface area contributed by atoms with Crippen molar-refractivity contribution in [2.45, 2.75) is 31.2 Å². The number of benzene rings is 2. The zero-order valence-corrected chi connectivity index (χ0v) is 18.1. The molecule has 152 valence electrons. The molecule has 1 atom stereocenters. The first kappa shape index (κ1) is 24.0. The third kappa shape index (κ3) is 7.19. The van der Waals surface area contributed by atoms with Crippen LogP contribution in [0.5, 0.6) is 11.5 Å². The third-order valence-electron chi connectivity index (χ3n) is 4.05. The first-order valence-electron chi connectivity index (χ1n) is 8.69. The molecule has 0 saturated carbocycles. The van der Waals surface area contributed by atoms with E-state index in [2.05, 4.69) is 12.2 Å². The van der Waals surface area contributed by atoms with E-state index < -0.39 is 0 Å². The first-order valence-corrected chi connectivity index (χ1v) is 9.91. The van der Waals surface area contributed by atoms with Crippen LogP contribution in [0.3, 0.4) is 0 Å². The summed E-state index contributed by atoms with van der Waals surface area (Å²) in [7, 11) is 1.64. The van der Waals surface area contributed by atoms with Gasteiger partial charge >= 0.3 is 5.97 Å². The minimum Gasteiger partial charge on any atom is -0.497 e. The van der Waals surface area contributed by atoms with Crippen molar-refractivity contribution in [2.75, 3.05) is 19.9 Å². The van der Waals surface area contributed by atoms with E-state index in [0.29, 0.717) is 11.3 Å². The molecule has 1 unspecified atom stereocenters. The molecule has 7 heteroatoms. The van der Waals surface area contributed by atoms with Crippen LogP contribution in [0.1, 0.15) is 29.8 Å². The van der Waals surface area contributed by atoms with Crippen molar-refractivity contribution in [3.05, 3.63) is 53.6 Å². The van der Waals surface area contributed by atoms with E-state index >= 15 is 0 Å². The first-order chi connectivity index (χ1) is 12.9. The maximum Gasteiger partial charge on any atom is 0.308 e. The van der Waals surface area contributed by atoms with Crippen LogP contribution in [-0.4, -0.2) is 37.7 Å². The Kier molecular flexibility index (Phi) is 10.1. The summed E-state index contributed by atoms with van der Waals surface area (Å²) < 4.78 is 10.3. The van der Waals surface area contributed by atoms with Crippen molar-refractivity contribution in [3.63, 3.8) is 0 Å². The summed E-state index contributed by atoms with van der Waals surface area (Å²) >= 11 is 1.44. The Labute approximate surface area is 176 Å². The predicted octanol–water partition coefficient (Wildman–Crippen LogP) is 4.17. The molecule has 0 fully saturated rings. The molecule has 0 aliphatic carbocycles. The van der Waals surface area contributed by atoms with E-state index in [1.54, 1.807) is 25.3 Å². The van der Waals surface area contributed by atoms with Gasteiger partial charge in [0.1, 0.15) is 11.5 Å². The monoisotopic (exact) mass is 423 g/mol. The lowest BCUT2D eigenvalue weighted by atomic mass is 10.1. The van der Waals surface area contributed by atoms with Gasteiger partial charge in [0.05, 0.1) is 18.6 Å². The minimum atomic E-state index is -0.376. The van der Waals surface area contributed by atoms with Gasteiger partial charge in [-0.1, -0.05) is 12.1 Å². The van der Waals surface area contributed by atoms with Crippen molar-refractivity contribution in [1.29, 1.82) is 0 Å². The second-order valence-corrected chi connectivity index (χ2v) is 7.06. The maximum atomic E-state index is 12.5. The van der Waals surface area contributed by atoms with Gasteiger partial charge in [-0.05, 0) is 55.5 Å². The number of carbonyl (C=O) groups excluding carboxylic acids is 2. The van der Waals surface area contributed by atoms with Gasteiger partial charge in [0.2, 0.25) is 0 Å². The number of ketones is 1. The number of carbonyl (C=O) groups is 2. The number of halogens is 1. The number of hydrogen-bond donors (Lipinski definition) is 1. The van der Waals surface area contributed by atoms with Crippen LogP contribution in [0.4, 0.5) is 0 Å². The van der Waals surface area contributed by atoms with E-state index in [1.807, 2.05) is 30.5 Å². The van der Waals surface area contributed by atoms with Crippen LogP contribution >= 0.6 is 24.2 Å². The zero-order chi connectivity index (χ0) is 19.8. The molecule has 5 nitrogen and oxygen atoms in total. The van der Waals surface area contributed by atoms with Crippen molar-refractivity contribution < 1.29 is 19.1 Å². The summed E-state index contributed by atoms with van der Waals surface area (Å²) in [5.41, 5.74) is 1.78. The molecule has 0 spiro atoms. The SMILES string of the molecule is COc1ccc(CC(C)NCC(=O)c2ccc(OC(C)=O)c(SC)c2)cc1.Cl. The van der Waals surface area contributed by atoms with Crippen molar-refractivity contribution in [2.24, 2.45) is 0 Å². The van der Waals surface area contributed by atoms with E-state index in [0.717, 1.165) is 17.1 Å². The molecule has 0 aromatic heterocycles. The Bertz CT molecular complexity index is 795. The highest BCUT2D eigenvalue weighted by atomic mass is 35.5. The molecule has 0 aliphatic heterocycles. The minimum absolute atomic E-state index is 0. The van der Waals surface area contributed by atoms with Crippen molar-refractivity contribution in [3.8, 4) is 11.5 Å². The van der Waals surface area contributed by atoms with Gasteiger partial charge < -0.3 is 14.8 Å². The molecule has 0 aliphatic rings.